The third-order valence-electron chi connectivity index (χ3n) is 5.76. The molecule has 0 heterocycles. The molecule has 0 unspecified atom stereocenters. The summed E-state index contributed by atoms with van der Waals surface area (Å²) in [5.74, 6) is 0. The van der Waals surface area contributed by atoms with E-state index in [0.717, 1.165) is 5.56 Å². The fraction of sp³-hybridized carbons (Fsp3) is 0.111. The lowest BCUT2D eigenvalue weighted by atomic mass is 10.1. The summed E-state index contributed by atoms with van der Waals surface area (Å²) in [6.45, 7) is 0. The second-order valence-corrected chi connectivity index (χ2v) is 11.4. The first kappa shape index (κ1) is 21.7. The smallest absolute Gasteiger partial charge is 0.299 e. The second kappa shape index (κ2) is 9.33. The second-order valence-electron chi connectivity index (χ2n) is 7.91. The first-order valence-electron chi connectivity index (χ1n) is 10.5. The molecule has 4 aromatic rings. The maximum atomic E-state index is 12.2. The van der Waals surface area contributed by atoms with Crippen LogP contribution in [0.3, 0.4) is 0 Å². The van der Waals surface area contributed by atoms with Gasteiger partial charge in [0.2, 0.25) is 0 Å². The quantitative estimate of drug-likeness (QED) is 0.226. The number of anilines is 1. The van der Waals surface area contributed by atoms with Crippen LogP contribution in [0.4, 0.5) is 11.4 Å². The molecule has 0 bridgehead atoms. The van der Waals surface area contributed by atoms with E-state index in [9.17, 15) is 10.1 Å². The van der Waals surface area contributed by atoms with E-state index >= 15 is 0 Å². The van der Waals surface area contributed by atoms with Gasteiger partial charge < -0.3 is 4.90 Å². The molecule has 0 radical (unpaired) electrons. The van der Waals surface area contributed by atoms with Gasteiger partial charge in [0.15, 0.2) is 0 Å². The summed E-state index contributed by atoms with van der Waals surface area (Å²) in [6.07, 6.45) is 0.572. The molecule has 0 amide bonds. The topological polar surface area (TPSA) is 46.4 Å². The number of benzene rings is 4. The molecule has 0 spiro atoms. The lowest BCUT2D eigenvalue weighted by molar-refractivity contribution is -0.384. The number of rotatable bonds is 7. The average Bonchev–Trinajstić information content (AvgIpc) is 2.84. The number of hydrogen-bond acceptors (Lipinski definition) is 3. The van der Waals surface area contributed by atoms with Crippen molar-refractivity contribution in [2.24, 2.45) is 0 Å². The van der Waals surface area contributed by atoms with Gasteiger partial charge in [-0.05, 0) is 48.5 Å². The highest BCUT2D eigenvalue weighted by Gasteiger charge is 2.47. The van der Waals surface area contributed by atoms with Crippen LogP contribution in [0.5, 0.6) is 0 Å². The number of nitrogens with zero attached hydrogens (tertiary/aromatic N) is 2. The summed E-state index contributed by atoms with van der Waals surface area (Å²) in [5.41, 5.74) is 1.57. The summed E-state index contributed by atoms with van der Waals surface area (Å²) in [5, 5.41) is 15.9. The molecule has 4 aromatic carbocycles. The van der Waals surface area contributed by atoms with E-state index < -0.39 is 7.26 Å². The van der Waals surface area contributed by atoms with Crippen molar-refractivity contribution in [1.82, 2.24) is 0 Å². The van der Waals surface area contributed by atoms with Crippen LogP contribution < -0.4 is 20.8 Å². The van der Waals surface area contributed by atoms with E-state index in [0.29, 0.717) is 11.8 Å². The fourth-order valence-corrected chi connectivity index (χ4v) is 8.55. The zero-order valence-electron chi connectivity index (χ0n) is 18.3. The van der Waals surface area contributed by atoms with Crippen molar-refractivity contribution >= 4 is 34.6 Å². The Morgan fingerprint density at radius 2 is 1.12 bits per heavy atom. The van der Waals surface area contributed by atoms with Gasteiger partial charge in [0.25, 0.3) is 5.69 Å². The van der Waals surface area contributed by atoms with Crippen LogP contribution in [-0.4, -0.2) is 19.0 Å². The predicted molar refractivity (Wildman–Crippen MR) is 136 cm³/mol. The SMILES string of the molecule is CN(C)c1cccc(C[P+](c2ccccc2)(c2ccccc2)c2ccccc2)c1[N+](=O)[O-]. The highest BCUT2D eigenvalue weighted by atomic mass is 31.2. The molecule has 4 rings (SSSR count). The number of nitro benzene ring substituents is 1. The van der Waals surface area contributed by atoms with E-state index in [1.165, 1.54) is 15.9 Å². The van der Waals surface area contributed by atoms with Gasteiger partial charge in [-0.1, -0.05) is 60.7 Å². The minimum atomic E-state index is -2.21. The molecule has 32 heavy (non-hydrogen) atoms. The summed E-state index contributed by atoms with van der Waals surface area (Å²) < 4.78 is 0. The summed E-state index contributed by atoms with van der Waals surface area (Å²) in [4.78, 5) is 13.8. The van der Waals surface area contributed by atoms with Crippen molar-refractivity contribution in [3.8, 4) is 0 Å². The standard InChI is InChI=1S/C27H26N2O2P/c1-28(2)26-20-12-13-22(27(26)29(30)31)21-32(23-14-6-3-7-15-23,24-16-8-4-9-17-24)25-18-10-5-11-19-25/h3-20H,21H2,1-2H3/q+1. The normalized spacial score (nSPS) is 11.2. The van der Waals surface area contributed by atoms with Crippen LogP contribution in [0.25, 0.3) is 0 Å². The molecular weight excluding hydrogens is 415 g/mol. The number of para-hydroxylation sites is 1. The minimum absolute atomic E-state index is 0.185. The predicted octanol–water partition coefficient (Wildman–Crippen LogP) is 5.15. The van der Waals surface area contributed by atoms with Gasteiger partial charge >= 0.3 is 0 Å². The maximum absolute atomic E-state index is 12.2. The Labute approximate surface area is 189 Å². The van der Waals surface area contributed by atoms with Crippen LogP contribution in [0.1, 0.15) is 5.56 Å². The molecular formula is C27H26N2O2P+. The Morgan fingerprint density at radius 3 is 1.50 bits per heavy atom. The third kappa shape index (κ3) is 4.02. The summed E-state index contributed by atoms with van der Waals surface area (Å²) in [7, 11) is 1.48. The van der Waals surface area contributed by atoms with Crippen molar-refractivity contribution in [3.63, 3.8) is 0 Å². The molecule has 0 saturated heterocycles. The Bertz CT molecular complexity index is 1100. The van der Waals surface area contributed by atoms with Gasteiger partial charge in [-0.25, -0.2) is 0 Å². The molecule has 160 valence electrons. The van der Waals surface area contributed by atoms with Crippen LogP contribution in [0.15, 0.2) is 109 Å². The first-order valence-corrected chi connectivity index (χ1v) is 12.5. The Hall–Kier alpha value is -3.49. The van der Waals surface area contributed by atoms with Crippen molar-refractivity contribution in [2.45, 2.75) is 6.16 Å². The van der Waals surface area contributed by atoms with Gasteiger partial charge in [-0.2, -0.15) is 0 Å². The third-order valence-corrected chi connectivity index (χ3v) is 10.1. The lowest BCUT2D eigenvalue weighted by Gasteiger charge is -2.28. The summed E-state index contributed by atoms with van der Waals surface area (Å²) in [6, 6.07) is 37.0. The van der Waals surface area contributed by atoms with Gasteiger partial charge in [0.1, 0.15) is 35.0 Å². The first-order chi connectivity index (χ1) is 15.5. The average molecular weight is 441 g/mol. The Balaban J connectivity index is 2.04. The van der Waals surface area contributed by atoms with E-state index in [1.54, 1.807) is 0 Å². The van der Waals surface area contributed by atoms with Gasteiger partial charge in [0.05, 0.1) is 10.5 Å². The molecule has 0 N–H and O–H groups in total. The molecule has 0 fully saturated rings. The Kier molecular flexibility index (Phi) is 6.34. The Morgan fingerprint density at radius 1 is 0.688 bits per heavy atom. The molecule has 0 aliphatic heterocycles. The zero-order chi connectivity index (χ0) is 22.6. The molecule has 0 atom stereocenters. The molecule has 5 heteroatoms. The summed E-state index contributed by atoms with van der Waals surface area (Å²) >= 11 is 0. The highest BCUT2D eigenvalue weighted by Crippen LogP contribution is 2.59. The maximum Gasteiger partial charge on any atom is 0.299 e. The van der Waals surface area contributed by atoms with Gasteiger partial charge in [-0.3, -0.25) is 10.1 Å². The van der Waals surface area contributed by atoms with Crippen LogP contribution in [0, 0.1) is 10.1 Å². The van der Waals surface area contributed by atoms with Crippen molar-refractivity contribution in [3.05, 3.63) is 125 Å². The number of nitro groups is 1. The molecule has 0 saturated carbocycles. The van der Waals surface area contributed by atoms with Gasteiger partial charge in [0, 0.05) is 14.1 Å². The zero-order valence-corrected chi connectivity index (χ0v) is 19.2. The van der Waals surface area contributed by atoms with Gasteiger partial charge in [-0.15, -0.1) is 0 Å². The van der Waals surface area contributed by atoms with Crippen LogP contribution >= 0.6 is 7.26 Å². The minimum Gasteiger partial charge on any atom is -0.372 e. The van der Waals surface area contributed by atoms with E-state index in [4.69, 9.17) is 0 Å². The molecule has 0 aliphatic carbocycles. The van der Waals surface area contributed by atoms with Crippen molar-refractivity contribution < 1.29 is 4.92 Å². The largest absolute Gasteiger partial charge is 0.372 e. The van der Waals surface area contributed by atoms with E-state index in [1.807, 2.05) is 55.4 Å². The number of hydrogen-bond donors (Lipinski definition) is 0. The molecule has 0 aromatic heterocycles. The van der Waals surface area contributed by atoms with Crippen LogP contribution in [-0.2, 0) is 6.16 Å². The van der Waals surface area contributed by atoms with Crippen molar-refractivity contribution in [1.29, 1.82) is 0 Å². The van der Waals surface area contributed by atoms with E-state index in [2.05, 4.69) is 72.8 Å². The molecule has 4 nitrogen and oxygen atoms in total. The molecule has 0 aliphatic rings. The fourth-order valence-electron chi connectivity index (χ4n) is 4.30. The monoisotopic (exact) mass is 441 g/mol. The van der Waals surface area contributed by atoms with Crippen molar-refractivity contribution in [2.75, 3.05) is 19.0 Å². The highest BCUT2D eigenvalue weighted by molar-refractivity contribution is 7.95. The lowest BCUT2D eigenvalue weighted by Crippen LogP contribution is -2.32. The van der Waals surface area contributed by atoms with E-state index in [-0.39, 0.29) is 10.6 Å². The van der Waals surface area contributed by atoms with Crippen LogP contribution in [0.2, 0.25) is 0 Å².